The van der Waals surface area contributed by atoms with Crippen LogP contribution in [0.25, 0.3) is 0 Å². The molecule has 0 spiro atoms. The third-order valence-corrected chi connectivity index (χ3v) is 0.922. The Labute approximate surface area is 57.6 Å². The first-order valence-corrected chi connectivity index (χ1v) is 3.34. The van der Waals surface area contributed by atoms with Crippen LogP contribution in [-0.2, 0) is 0 Å². The van der Waals surface area contributed by atoms with Crippen molar-refractivity contribution in [1.29, 1.82) is 0 Å². The average molecular weight is 122 g/mol. The van der Waals surface area contributed by atoms with Crippen molar-refractivity contribution in [3.8, 4) is 0 Å². The zero-order valence-electron chi connectivity index (χ0n) is 6.01. The van der Waals surface area contributed by atoms with Crippen molar-refractivity contribution in [2.24, 2.45) is 0 Å². The van der Waals surface area contributed by atoms with Crippen molar-refractivity contribution in [3.05, 3.63) is 37.0 Å². The number of hydrogen-bond donors (Lipinski definition) is 0. The first-order valence-electron chi connectivity index (χ1n) is 3.34. The van der Waals surface area contributed by atoms with Gasteiger partial charge < -0.3 is 0 Å². The fourth-order valence-electron chi connectivity index (χ4n) is 0.468. The summed E-state index contributed by atoms with van der Waals surface area (Å²) >= 11 is 0. The van der Waals surface area contributed by atoms with Gasteiger partial charge in [-0.15, -0.1) is 6.58 Å². The molecule has 0 heterocycles. The lowest BCUT2D eigenvalue weighted by molar-refractivity contribution is 1.22. The molecule has 0 aliphatic heterocycles. The second kappa shape index (κ2) is 7.22. The van der Waals surface area contributed by atoms with Gasteiger partial charge in [0.25, 0.3) is 0 Å². The third kappa shape index (κ3) is 7.22. The highest BCUT2D eigenvalue weighted by molar-refractivity contribution is 5.03. The first kappa shape index (κ1) is 8.22. The maximum absolute atomic E-state index is 3.60. The second-order valence-electron chi connectivity index (χ2n) is 1.79. The molecule has 0 unspecified atom stereocenters. The summed E-state index contributed by atoms with van der Waals surface area (Å²) in [6.07, 6.45) is 12.3. The van der Waals surface area contributed by atoms with Gasteiger partial charge in [-0.25, -0.2) is 0 Å². The molecule has 0 aromatic carbocycles. The number of hydrogen-bond acceptors (Lipinski definition) is 0. The third-order valence-electron chi connectivity index (χ3n) is 0.922. The highest BCUT2D eigenvalue weighted by Crippen LogP contribution is 1.85. The minimum Gasteiger partial charge on any atom is -0.103 e. The molecule has 0 nitrogen and oxygen atoms in total. The maximum Gasteiger partial charge on any atom is -0.0169 e. The van der Waals surface area contributed by atoms with Gasteiger partial charge in [-0.2, -0.15) is 0 Å². The van der Waals surface area contributed by atoms with E-state index in [0.717, 1.165) is 12.8 Å². The van der Waals surface area contributed by atoms with Gasteiger partial charge in [0, 0.05) is 0 Å². The van der Waals surface area contributed by atoms with Crippen molar-refractivity contribution >= 4 is 0 Å². The Morgan fingerprint density at radius 2 is 1.89 bits per heavy atom. The summed E-state index contributed by atoms with van der Waals surface area (Å²) in [7, 11) is 0. The molecule has 0 aliphatic carbocycles. The second-order valence-corrected chi connectivity index (χ2v) is 1.79. The Bertz CT molecular complexity index is 107. The smallest absolute Gasteiger partial charge is 0.0169 e. The first-order chi connectivity index (χ1) is 4.41. The van der Waals surface area contributed by atoms with Crippen molar-refractivity contribution in [2.75, 3.05) is 0 Å². The van der Waals surface area contributed by atoms with E-state index in [0.29, 0.717) is 0 Å². The molecular weight excluding hydrogens is 108 g/mol. The van der Waals surface area contributed by atoms with Gasteiger partial charge >= 0.3 is 0 Å². The monoisotopic (exact) mass is 122 g/mol. The Morgan fingerprint density at radius 1 is 1.22 bits per heavy atom. The highest BCUT2D eigenvalue weighted by Gasteiger charge is 1.64. The van der Waals surface area contributed by atoms with Crippen LogP contribution >= 0.6 is 0 Å². The van der Waals surface area contributed by atoms with Crippen LogP contribution in [0, 0.1) is 0 Å². The zero-order valence-corrected chi connectivity index (χ0v) is 6.01. The summed E-state index contributed by atoms with van der Waals surface area (Å²) in [6.45, 7) is 5.73. The molecule has 0 saturated heterocycles. The van der Waals surface area contributed by atoms with Gasteiger partial charge in [-0.1, -0.05) is 37.3 Å². The fraction of sp³-hybridized carbons (Fsp3) is 0.333. The summed E-state index contributed by atoms with van der Waals surface area (Å²) < 4.78 is 0. The lowest BCUT2D eigenvalue weighted by Gasteiger charge is -1.75. The van der Waals surface area contributed by atoms with Gasteiger partial charge in [-0.05, 0) is 12.8 Å². The predicted octanol–water partition coefficient (Wildman–Crippen LogP) is 3.08. The van der Waals surface area contributed by atoms with E-state index in [9.17, 15) is 0 Å². The summed E-state index contributed by atoms with van der Waals surface area (Å²) in [5.41, 5.74) is 0. The van der Waals surface area contributed by atoms with Crippen LogP contribution in [-0.4, -0.2) is 0 Å². The Kier molecular flexibility index (Phi) is 6.59. The zero-order chi connectivity index (χ0) is 6.95. The van der Waals surface area contributed by atoms with Gasteiger partial charge in [-0.3, -0.25) is 0 Å². The molecule has 9 heavy (non-hydrogen) atoms. The van der Waals surface area contributed by atoms with Crippen LogP contribution in [0.1, 0.15) is 19.8 Å². The SMILES string of the molecule is C=CC/C=C\C=C/CC. The Balaban J connectivity index is 3.23. The molecule has 0 N–H and O–H groups in total. The van der Waals surface area contributed by atoms with Crippen LogP contribution in [0.5, 0.6) is 0 Å². The lowest BCUT2D eigenvalue weighted by Crippen LogP contribution is -1.54. The van der Waals surface area contributed by atoms with E-state index >= 15 is 0 Å². The molecule has 0 aromatic heterocycles. The van der Waals surface area contributed by atoms with Crippen LogP contribution in [0.2, 0.25) is 0 Å². The molecule has 0 aliphatic rings. The standard InChI is InChI=1S/C9H14/c1-3-5-7-9-8-6-4-2/h3,6-9H,1,4-5H2,2H3/b8-6-,9-7-. The number of allylic oxidation sites excluding steroid dienone is 5. The maximum atomic E-state index is 3.60. The lowest BCUT2D eigenvalue weighted by atomic mass is 10.3. The van der Waals surface area contributed by atoms with Crippen molar-refractivity contribution in [1.82, 2.24) is 0 Å². The van der Waals surface area contributed by atoms with Crippen molar-refractivity contribution in [2.45, 2.75) is 19.8 Å². The van der Waals surface area contributed by atoms with Crippen LogP contribution in [0.3, 0.4) is 0 Å². The molecule has 0 saturated carbocycles. The molecular formula is C9H14. The normalized spacial score (nSPS) is 11.2. The number of rotatable bonds is 4. The molecule has 0 atom stereocenters. The van der Waals surface area contributed by atoms with Crippen LogP contribution in [0.4, 0.5) is 0 Å². The molecule has 0 fully saturated rings. The van der Waals surface area contributed by atoms with E-state index in [-0.39, 0.29) is 0 Å². The van der Waals surface area contributed by atoms with E-state index < -0.39 is 0 Å². The van der Waals surface area contributed by atoms with E-state index in [1.54, 1.807) is 0 Å². The summed E-state index contributed by atoms with van der Waals surface area (Å²) in [6, 6.07) is 0. The Morgan fingerprint density at radius 3 is 2.44 bits per heavy atom. The largest absolute Gasteiger partial charge is 0.103 e. The van der Waals surface area contributed by atoms with Crippen molar-refractivity contribution < 1.29 is 0 Å². The summed E-state index contributed by atoms with van der Waals surface area (Å²) in [5, 5.41) is 0. The van der Waals surface area contributed by atoms with E-state index in [4.69, 9.17) is 0 Å². The quantitative estimate of drug-likeness (QED) is 0.397. The van der Waals surface area contributed by atoms with E-state index in [2.05, 4.69) is 31.7 Å². The van der Waals surface area contributed by atoms with Crippen LogP contribution in [0.15, 0.2) is 37.0 Å². The topological polar surface area (TPSA) is 0 Å². The van der Waals surface area contributed by atoms with Crippen molar-refractivity contribution in [3.63, 3.8) is 0 Å². The molecule has 0 bridgehead atoms. The molecule has 0 amide bonds. The molecule has 0 heteroatoms. The fourth-order valence-corrected chi connectivity index (χ4v) is 0.468. The average Bonchev–Trinajstić information content (AvgIpc) is 1.89. The summed E-state index contributed by atoms with van der Waals surface area (Å²) in [5.74, 6) is 0. The van der Waals surface area contributed by atoms with Gasteiger partial charge in [0.1, 0.15) is 0 Å². The highest BCUT2D eigenvalue weighted by atomic mass is 13.7. The van der Waals surface area contributed by atoms with E-state index in [1.807, 2.05) is 12.2 Å². The van der Waals surface area contributed by atoms with E-state index in [1.165, 1.54) is 0 Å². The van der Waals surface area contributed by atoms with Gasteiger partial charge in [0.2, 0.25) is 0 Å². The molecule has 0 rings (SSSR count). The molecule has 50 valence electrons. The van der Waals surface area contributed by atoms with Crippen LogP contribution < -0.4 is 0 Å². The van der Waals surface area contributed by atoms with Gasteiger partial charge in [0.05, 0.1) is 0 Å². The molecule has 0 radical (unpaired) electrons. The molecule has 0 aromatic rings. The summed E-state index contributed by atoms with van der Waals surface area (Å²) in [4.78, 5) is 0. The minimum absolute atomic E-state index is 0.966. The predicted molar refractivity (Wildman–Crippen MR) is 43.4 cm³/mol. The Hall–Kier alpha value is -0.780. The minimum atomic E-state index is 0.966. The van der Waals surface area contributed by atoms with Gasteiger partial charge in [0.15, 0.2) is 0 Å².